The zero-order valence-electron chi connectivity index (χ0n) is 26.1. The van der Waals surface area contributed by atoms with E-state index < -0.39 is 29.4 Å². The molecular weight excluding hydrogens is 620 g/mol. The van der Waals surface area contributed by atoms with Gasteiger partial charge < -0.3 is 19.4 Å². The van der Waals surface area contributed by atoms with Gasteiger partial charge in [0.05, 0.1) is 47.5 Å². The van der Waals surface area contributed by atoms with Crippen LogP contribution in [0.5, 0.6) is 0 Å². The van der Waals surface area contributed by atoms with E-state index in [1.807, 2.05) is 11.9 Å². The third-order valence-corrected chi connectivity index (χ3v) is 8.89. The molecule has 1 amide bonds. The third-order valence-electron chi connectivity index (χ3n) is 8.89. The van der Waals surface area contributed by atoms with Gasteiger partial charge in [0, 0.05) is 43.8 Å². The van der Waals surface area contributed by atoms with Gasteiger partial charge in [0.25, 0.3) is 5.91 Å². The van der Waals surface area contributed by atoms with Crippen molar-refractivity contribution < 1.29 is 36.6 Å². The number of esters is 1. The van der Waals surface area contributed by atoms with Gasteiger partial charge >= 0.3 is 12.1 Å². The Morgan fingerprint density at radius 3 is 2.49 bits per heavy atom. The first-order valence-corrected chi connectivity index (χ1v) is 15.3. The van der Waals surface area contributed by atoms with Crippen molar-refractivity contribution in [1.82, 2.24) is 19.9 Å². The Labute approximate surface area is 267 Å². The van der Waals surface area contributed by atoms with Crippen molar-refractivity contribution in [3.05, 3.63) is 64.7 Å². The van der Waals surface area contributed by atoms with E-state index in [4.69, 9.17) is 4.74 Å². The van der Waals surface area contributed by atoms with Gasteiger partial charge in [-0.3, -0.25) is 15.1 Å². The van der Waals surface area contributed by atoms with Crippen molar-refractivity contribution in [2.45, 2.75) is 50.6 Å². The van der Waals surface area contributed by atoms with Gasteiger partial charge in [0.2, 0.25) is 5.95 Å². The van der Waals surface area contributed by atoms with Crippen LogP contribution in [0.3, 0.4) is 0 Å². The molecule has 0 atom stereocenters. The van der Waals surface area contributed by atoms with E-state index in [1.165, 1.54) is 12.3 Å². The molecule has 6 rings (SSSR count). The molecule has 47 heavy (non-hydrogen) atoms. The van der Waals surface area contributed by atoms with E-state index >= 15 is 0 Å². The quantitative estimate of drug-likeness (QED) is 0.143. The number of imidazole rings is 1. The minimum absolute atomic E-state index is 0.0408. The second-order valence-corrected chi connectivity index (χ2v) is 12.4. The molecule has 0 bridgehead atoms. The molecule has 2 N–H and O–H groups in total. The number of methoxy groups -OCH3 is 2. The Kier molecular flexibility index (Phi) is 8.64. The fourth-order valence-electron chi connectivity index (χ4n) is 6.49. The van der Waals surface area contributed by atoms with Gasteiger partial charge in [0.1, 0.15) is 11.3 Å². The molecule has 0 aliphatic heterocycles. The highest BCUT2D eigenvalue weighted by Crippen LogP contribution is 2.46. The van der Waals surface area contributed by atoms with Gasteiger partial charge in [-0.2, -0.15) is 18.2 Å². The molecule has 10 nitrogen and oxygen atoms in total. The van der Waals surface area contributed by atoms with Crippen molar-refractivity contribution in [3.8, 4) is 11.3 Å². The normalized spacial score (nSPS) is 16.0. The molecule has 14 heteroatoms. The Hall–Kier alpha value is -4.59. The van der Waals surface area contributed by atoms with Crippen molar-refractivity contribution in [1.29, 1.82) is 0 Å². The molecule has 3 heterocycles. The molecule has 4 aromatic rings. The van der Waals surface area contributed by atoms with Crippen LogP contribution in [0.1, 0.15) is 76.4 Å². The number of alkyl halides is 3. The highest BCUT2D eigenvalue weighted by atomic mass is 19.4. The zero-order valence-corrected chi connectivity index (χ0v) is 26.1. The van der Waals surface area contributed by atoms with E-state index in [0.717, 1.165) is 51.0 Å². The number of carbonyl (C=O) groups is 2. The Morgan fingerprint density at radius 1 is 1.11 bits per heavy atom. The molecular formula is C33H34F4N6O4. The summed E-state index contributed by atoms with van der Waals surface area (Å²) >= 11 is 0. The third kappa shape index (κ3) is 6.64. The van der Waals surface area contributed by atoms with Crippen molar-refractivity contribution in [2.24, 2.45) is 5.41 Å². The lowest BCUT2D eigenvalue weighted by Gasteiger charge is -2.34. The SMILES string of the molecule is COCC1(CN(C)c2cc(-c3cnc(C4CC4)c(C(F)(F)F)c3)nc3nc(NC(=O)c4ccc(C(=O)OC)cc4F)[nH]c23)CCCC1. The van der Waals surface area contributed by atoms with Crippen LogP contribution >= 0.6 is 0 Å². The molecule has 2 fully saturated rings. The number of anilines is 2. The van der Waals surface area contributed by atoms with Gasteiger partial charge in [-0.25, -0.2) is 14.2 Å². The predicted octanol–water partition coefficient (Wildman–Crippen LogP) is 6.74. The summed E-state index contributed by atoms with van der Waals surface area (Å²) in [4.78, 5) is 43.1. The standard InChI is InChI=1S/C33H34F4N6O4/c1-43(16-32(17-46-2)10-4-5-11-32)25-14-24(20-12-22(33(35,36)37)26(38-15-20)18-6-7-18)39-28-27(25)40-31(41-28)42-29(44)21-9-8-19(13-23(21)34)30(45)47-3/h8-9,12-15,18H,4-7,10-11,16-17H2,1-3H3,(H2,39,40,41,42,44). The number of fused-ring (bicyclic) bond motifs is 1. The number of rotatable bonds is 10. The summed E-state index contributed by atoms with van der Waals surface area (Å²) in [6, 6.07) is 6.08. The summed E-state index contributed by atoms with van der Waals surface area (Å²) in [7, 11) is 4.70. The number of hydrogen-bond acceptors (Lipinski definition) is 8. The van der Waals surface area contributed by atoms with Gasteiger partial charge in [-0.05, 0) is 56.0 Å². The van der Waals surface area contributed by atoms with Gasteiger partial charge in [-0.1, -0.05) is 12.8 Å². The molecule has 3 aromatic heterocycles. The number of ether oxygens (including phenoxy) is 2. The average Bonchev–Trinajstić information content (AvgIpc) is 3.65. The van der Waals surface area contributed by atoms with E-state index in [9.17, 15) is 27.2 Å². The van der Waals surface area contributed by atoms with Crippen LogP contribution in [0.15, 0.2) is 36.5 Å². The molecule has 248 valence electrons. The molecule has 0 unspecified atom stereocenters. The number of hydrogen-bond donors (Lipinski definition) is 2. The summed E-state index contributed by atoms with van der Waals surface area (Å²) in [6.07, 6.45) is 2.18. The minimum atomic E-state index is -4.59. The van der Waals surface area contributed by atoms with Crippen LogP contribution in [-0.4, -0.2) is 66.2 Å². The summed E-state index contributed by atoms with van der Waals surface area (Å²) < 4.78 is 67.3. The van der Waals surface area contributed by atoms with Crippen molar-refractivity contribution in [2.75, 3.05) is 44.6 Å². The predicted molar refractivity (Wildman–Crippen MR) is 166 cm³/mol. The van der Waals surface area contributed by atoms with Crippen LogP contribution in [0.25, 0.3) is 22.4 Å². The van der Waals surface area contributed by atoms with Crippen molar-refractivity contribution >= 4 is 34.7 Å². The number of halogens is 4. The first-order valence-electron chi connectivity index (χ1n) is 15.3. The van der Waals surface area contributed by atoms with Gasteiger partial charge in [0.15, 0.2) is 5.65 Å². The second kappa shape index (κ2) is 12.5. The number of amides is 1. The minimum Gasteiger partial charge on any atom is -0.465 e. The number of carbonyl (C=O) groups excluding carboxylic acids is 2. The summed E-state index contributed by atoms with van der Waals surface area (Å²) in [5.41, 5.74) is 0.284. The van der Waals surface area contributed by atoms with Crippen LogP contribution < -0.4 is 10.2 Å². The number of nitrogens with one attached hydrogen (secondary N) is 2. The van der Waals surface area contributed by atoms with E-state index in [1.54, 1.807) is 13.2 Å². The van der Waals surface area contributed by atoms with Crippen LogP contribution in [0.4, 0.5) is 29.2 Å². The first kappa shape index (κ1) is 32.4. The largest absolute Gasteiger partial charge is 0.465 e. The highest BCUT2D eigenvalue weighted by molar-refractivity contribution is 6.05. The molecule has 2 aliphatic rings. The molecule has 0 saturated heterocycles. The maximum absolute atomic E-state index is 14.8. The molecule has 1 aromatic carbocycles. The van der Waals surface area contributed by atoms with Crippen LogP contribution in [0.2, 0.25) is 0 Å². The molecule has 2 saturated carbocycles. The fourth-order valence-corrected chi connectivity index (χ4v) is 6.49. The van der Waals surface area contributed by atoms with Crippen LogP contribution in [-0.2, 0) is 15.7 Å². The number of pyridine rings is 2. The molecule has 0 radical (unpaired) electrons. The Bertz CT molecular complexity index is 1830. The van der Waals surface area contributed by atoms with Crippen LogP contribution in [0, 0.1) is 11.2 Å². The second-order valence-electron chi connectivity index (χ2n) is 12.4. The lowest BCUT2D eigenvalue weighted by molar-refractivity contribution is -0.138. The number of aromatic nitrogens is 4. The van der Waals surface area contributed by atoms with E-state index in [0.29, 0.717) is 37.2 Å². The maximum atomic E-state index is 14.8. The summed E-state index contributed by atoms with van der Waals surface area (Å²) in [5.74, 6) is -2.79. The average molecular weight is 655 g/mol. The summed E-state index contributed by atoms with van der Waals surface area (Å²) in [6.45, 7) is 1.13. The fraction of sp³-hybridized carbons (Fsp3) is 0.424. The van der Waals surface area contributed by atoms with Gasteiger partial charge in [-0.15, -0.1) is 0 Å². The Morgan fingerprint density at radius 2 is 1.85 bits per heavy atom. The summed E-state index contributed by atoms with van der Waals surface area (Å²) in [5, 5.41) is 2.53. The molecule has 2 aliphatic carbocycles. The topological polar surface area (TPSA) is 122 Å². The van der Waals surface area contributed by atoms with E-state index in [-0.39, 0.29) is 51.0 Å². The number of H-pyrrole nitrogens is 1. The smallest absolute Gasteiger partial charge is 0.418 e. The van der Waals surface area contributed by atoms with E-state index in [2.05, 4.69) is 30.0 Å². The zero-order chi connectivity index (χ0) is 33.5. The van der Waals surface area contributed by atoms with Crippen molar-refractivity contribution in [3.63, 3.8) is 0 Å². The monoisotopic (exact) mass is 654 g/mol. The maximum Gasteiger partial charge on any atom is 0.418 e. The highest BCUT2D eigenvalue weighted by Gasteiger charge is 2.40. The Balaban J connectivity index is 1.40. The lowest BCUT2D eigenvalue weighted by atomic mass is 9.86. The number of benzene rings is 1. The number of nitrogens with zero attached hydrogens (tertiary/aromatic N) is 4. The first-order chi connectivity index (χ1) is 22.4. The molecule has 0 spiro atoms. The lowest BCUT2D eigenvalue weighted by Crippen LogP contribution is -2.37. The number of aromatic amines is 1.